The highest BCUT2D eigenvalue weighted by molar-refractivity contribution is 6.31. The zero-order valence-corrected chi connectivity index (χ0v) is 15.5. The van der Waals surface area contributed by atoms with Crippen LogP contribution in [-0.2, 0) is 11.3 Å². The Morgan fingerprint density at radius 1 is 1.22 bits per heavy atom. The molecule has 1 saturated heterocycles. The van der Waals surface area contributed by atoms with E-state index < -0.39 is 0 Å². The molecule has 0 bridgehead atoms. The Labute approximate surface area is 161 Å². The molecule has 0 aliphatic carbocycles. The van der Waals surface area contributed by atoms with Crippen molar-refractivity contribution < 1.29 is 14.1 Å². The van der Waals surface area contributed by atoms with Gasteiger partial charge in [0, 0.05) is 30.1 Å². The molecule has 1 aromatic heterocycles. The number of amides is 1. The van der Waals surface area contributed by atoms with E-state index in [1.807, 2.05) is 48.5 Å². The second-order valence-corrected chi connectivity index (χ2v) is 6.86. The third-order valence-electron chi connectivity index (χ3n) is 4.67. The van der Waals surface area contributed by atoms with Gasteiger partial charge in [0.05, 0.1) is 13.0 Å². The highest BCUT2D eigenvalue weighted by atomic mass is 35.5. The maximum Gasteiger partial charge on any atom is 0.232 e. The summed E-state index contributed by atoms with van der Waals surface area (Å²) in [6.07, 6.45) is 0.356. The van der Waals surface area contributed by atoms with Crippen molar-refractivity contribution in [3.8, 4) is 17.1 Å². The SMILES string of the molecule is COc1ccc(-c2noc(C3CC(=O)N(Cc4ccccc4Cl)C3)n2)cc1. The van der Waals surface area contributed by atoms with Crippen molar-refractivity contribution in [3.05, 3.63) is 65.0 Å². The molecule has 1 amide bonds. The van der Waals surface area contributed by atoms with Crippen molar-refractivity contribution >= 4 is 17.5 Å². The number of hydrogen-bond acceptors (Lipinski definition) is 5. The Kier molecular flexibility index (Phi) is 4.81. The number of rotatable bonds is 5. The van der Waals surface area contributed by atoms with Gasteiger partial charge in [-0.3, -0.25) is 4.79 Å². The molecule has 2 aromatic carbocycles. The number of carbonyl (C=O) groups excluding carboxylic acids is 1. The molecule has 1 atom stereocenters. The molecular weight excluding hydrogens is 366 g/mol. The number of likely N-dealkylation sites (tertiary alicyclic amines) is 1. The first-order valence-corrected chi connectivity index (χ1v) is 9.01. The maximum atomic E-state index is 12.4. The molecule has 4 rings (SSSR count). The Morgan fingerprint density at radius 2 is 2.00 bits per heavy atom. The molecule has 0 N–H and O–H groups in total. The van der Waals surface area contributed by atoms with Gasteiger partial charge in [-0.25, -0.2) is 0 Å². The molecule has 1 unspecified atom stereocenters. The van der Waals surface area contributed by atoms with Gasteiger partial charge in [-0.15, -0.1) is 0 Å². The zero-order chi connectivity index (χ0) is 18.8. The summed E-state index contributed by atoms with van der Waals surface area (Å²) >= 11 is 6.21. The van der Waals surface area contributed by atoms with E-state index in [9.17, 15) is 4.79 Å². The summed E-state index contributed by atoms with van der Waals surface area (Å²) in [5.41, 5.74) is 1.76. The molecule has 2 heterocycles. The first-order chi connectivity index (χ1) is 13.1. The summed E-state index contributed by atoms with van der Waals surface area (Å²) in [6.45, 7) is 1.02. The minimum atomic E-state index is -0.112. The van der Waals surface area contributed by atoms with Crippen LogP contribution in [0.5, 0.6) is 5.75 Å². The van der Waals surface area contributed by atoms with E-state index in [4.69, 9.17) is 20.9 Å². The molecule has 1 aliphatic rings. The lowest BCUT2D eigenvalue weighted by molar-refractivity contribution is -0.128. The van der Waals surface area contributed by atoms with Crippen LogP contribution >= 0.6 is 11.6 Å². The average Bonchev–Trinajstić information content (AvgIpc) is 3.31. The Bertz CT molecular complexity index is 955. The highest BCUT2D eigenvalue weighted by Gasteiger charge is 2.34. The molecule has 138 valence electrons. The molecule has 1 aliphatic heterocycles. The van der Waals surface area contributed by atoms with Crippen LogP contribution < -0.4 is 4.74 Å². The van der Waals surface area contributed by atoms with Crippen LogP contribution in [0.25, 0.3) is 11.4 Å². The number of methoxy groups -OCH3 is 1. The average molecular weight is 384 g/mol. The van der Waals surface area contributed by atoms with Crippen LogP contribution in [0.4, 0.5) is 0 Å². The van der Waals surface area contributed by atoms with Crippen molar-refractivity contribution in [1.82, 2.24) is 15.0 Å². The molecule has 6 nitrogen and oxygen atoms in total. The Morgan fingerprint density at radius 3 is 2.74 bits per heavy atom. The fraction of sp³-hybridized carbons (Fsp3) is 0.250. The number of carbonyl (C=O) groups is 1. The molecule has 0 saturated carbocycles. The van der Waals surface area contributed by atoms with Crippen LogP contribution in [0.2, 0.25) is 5.02 Å². The smallest absolute Gasteiger partial charge is 0.232 e. The van der Waals surface area contributed by atoms with E-state index in [1.165, 1.54) is 0 Å². The van der Waals surface area contributed by atoms with E-state index in [1.54, 1.807) is 12.0 Å². The minimum Gasteiger partial charge on any atom is -0.497 e. The van der Waals surface area contributed by atoms with Gasteiger partial charge in [-0.05, 0) is 35.9 Å². The van der Waals surface area contributed by atoms with Gasteiger partial charge in [0.15, 0.2) is 0 Å². The summed E-state index contributed by atoms with van der Waals surface area (Å²) in [7, 11) is 1.62. The van der Waals surface area contributed by atoms with Gasteiger partial charge in [0.2, 0.25) is 17.6 Å². The van der Waals surface area contributed by atoms with Gasteiger partial charge in [0.1, 0.15) is 5.75 Å². The molecule has 0 radical (unpaired) electrons. The zero-order valence-electron chi connectivity index (χ0n) is 14.8. The summed E-state index contributed by atoms with van der Waals surface area (Å²) in [6, 6.07) is 15.0. The van der Waals surface area contributed by atoms with Crippen molar-refractivity contribution in [2.24, 2.45) is 0 Å². The number of aromatic nitrogens is 2. The topological polar surface area (TPSA) is 68.5 Å². The summed E-state index contributed by atoms with van der Waals surface area (Å²) in [4.78, 5) is 18.7. The first-order valence-electron chi connectivity index (χ1n) is 8.63. The second kappa shape index (κ2) is 7.40. The van der Waals surface area contributed by atoms with E-state index in [0.717, 1.165) is 16.9 Å². The molecule has 1 fully saturated rings. The number of benzene rings is 2. The molecular formula is C20H18ClN3O3. The van der Waals surface area contributed by atoms with Crippen molar-refractivity contribution in [1.29, 1.82) is 0 Å². The normalized spacial score (nSPS) is 16.7. The van der Waals surface area contributed by atoms with Gasteiger partial charge >= 0.3 is 0 Å². The van der Waals surface area contributed by atoms with Crippen LogP contribution in [0.3, 0.4) is 0 Å². The minimum absolute atomic E-state index is 0.0594. The van der Waals surface area contributed by atoms with Gasteiger partial charge in [-0.2, -0.15) is 4.98 Å². The molecule has 3 aromatic rings. The van der Waals surface area contributed by atoms with E-state index >= 15 is 0 Å². The summed E-state index contributed by atoms with van der Waals surface area (Å²) in [5, 5.41) is 4.72. The lowest BCUT2D eigenvalue weighted by Gasteiger charge is -2.16. The van der Waals surface area contributed by atoms with E-state index in [2.05, 4.69) is 10.1 Å². The third-order valence-corrected chi connectivity index (χ3v) is 5.04. The number of ether oxygens (including phenoxy) is 1. The largest absolute Gasteiger partial charge is 0.497 e. The van der Waals surface area contributed by atoms with Gasteiger partial charge < -0.3 is 14.2 Å². The van der Waals surface area contributed by atoms with Crippen molar-refractivity contribution in [3.63, 3.8) is 0 Å². The predicted octanol–water partition coefficient (Wildman–Crippen LogP) is 3.91. The van der Waals surface area contributed by atoms with Crippen molar-refractivity contribution in [2.45, 2.75) is 18.9 Å². The molecule has 7 heteroatoms. The monoisotopic (exact) mass is 383 g/mol. The molecule has 0 spiro atoms. The van der Waals surface area contributed by atoms with Crippen molar-refractivity contribution in [2.75, 3.05) is 13.7 Å². The van der Waals surface area contributed by atoms with Crippen LogP contribution in [0, 0.1) is 0 Å². The lowest BCUT2D eigenvalue weighted by Crippen LogP contribution is -2.24. The maximum absolute atomic E-state index is 12.4. The van der Waals surface area contributed by atoms with E-state index in [-0.39, 0.29) is 11.8 Å². The quantitative estimate of drug-likeness (QED) is 0.668. The number of hydrogen-bond donors (Lipinski definition) is 0. The van der Waals surface area contributed by atoms with Crippen LogP contribution in [-0.4, -0.2) is 34.6 Å². The fourth-order valence-electron chi connectivity index (χ4n) is 3.18. The van der Waals surface area contributed by atoms with Crippen LogP contribution in [0.1, 0.15) is 23.8 Å². The number of nitrogens with zero attached hydrogens (tertiary/aromatic N) is 3. The Hall–Kier alpha value is -2.86. The molecule has 27 heavy (non-hydrogen) atoms. The van der Waals surface area contributed by atoms with Gasteiger partial charge in [0.25, 0.3) is 0 Å². The summed E-state index contributed by atoms with van der Waals surface area (Å²) in [5.74, 6) is 1.70. The van der Waals surface area contributed by atoms with Crippen LogP contribution in [0.15, 0.2) is 53.1 Å². The number of halogens is 1. The van der Waals surface area contributed by atoms with E-state index in [0.29, 0.717) is 36.2 Å². The second-order valence-electron chi connectivity index (χ2n) is 6.45. The Balaban J connectivity index is 1.47. The summed E-state index contributed by atoms with van der Waals surface area (Å²) < 4.78 is 10.6. The standard InChI is InChI=1S/C20H18ClN3O3/c1-26-16-8-6-13(7-9-16)19-22-20(27-23-19)15-10-18(25)24(12-15)11-14-4-2-3-5-17(14)21/h2-9,15H,10-12H2,1H3. The lowest BCUT2D eigenvalue weighted by atomic mass is 10.1. The highest BCUT2D eigenvalue weighted by Crippen LogP contribution is 2.30. The first kappa shape index (κ1) is 17.5. The predicted molar refractivity (Wildman–Crippen MR) is 101 cm³/mol. The third kappa shape index (κ3) is 3.66. The van der Waals surface area contributed by atoms with Gasteiger partial charge in [-0.1, -0.05) is 35.0 Å². The fourth-order valence-corrected chi connectivity index (χ4v) is 3.38.